The van der Waals surface area contributed by atoms with Gasteiger partial charge in [-0.1, -0.05) is 146 Å². The zero-order valence-corrected chi connectivity index (χ0v) is 28.7. The summed E-state index contributed by atoms with van der Waals surface area (Å²) >= 11 is 0. The topological polar surface area (TPSA) is 29.5 Å². The van der Waals surface area contributed by atoms with Gasteiger partial charge in [0.2, 0.25) is 0 Å². The summed E-state index contributed by atoms with van der Waals surface area (Å²) in [6, 6.07) is 66.7. The Balaban J connectivity index is 1.18. The van der Waals surface area contributed by atoms with E-state index in [0.29, 0.717) is 0 Å². The van der Waals surface area contributed by atoms with Crippen LogP contribution in [0.2, 0.25) is 0 Å². The average molecular weight is 678 g/mol. The maximum absolute atomic E-state index is 6.82. The first-order valence-corrected chi connectivity index (χ1v) is 18.0. The predicted octanol–water partition coefficient (Wildman–Crippen LogP) is 14.6. The molecular formula is C50H31NO2. The quantitative estimate of drug-likeness (QED) is 0.170. The van der Waals surface area contributed by atoms with Crippen LogP contribution in [0.4, 0.5) is 17.1 Å². The van der Waals surface area contributed by atoms with E-state index in [1.54, 1.807) is 0 Å². The lowest BCUT2D eigenvalue weighted by atomic mass is 9.97. The minimum absolute atomic E-state index is 0.842. The van der Waals surface area contributed by atoms with Gasteiger partial charge in [-0.25, -0.2) is 0 Å². The number of rotatable bonds is 5. The van der Waals surface area contributed by atoms with E-state index < -0.39 is 0 Å². The summed E-state index contributed by atoms with van der Waals surface area (Å²) in [4.78, 5) is 2.35. The smallest absolute Gasteiger partial charge is 0.159 e. The third-order valence-corrected chi connectivity index (χ3v) is 10.7. The lowest BCUT2D eigenvalue weighted by Crippen LogP contribution is -2.11. The van der Waals surface area contributed by atoms with E-state index in [4.69, 9.17) is 8.83 Å². The minimum atomic E-state index is 0.842. The standard InChI is InChI=1S/C50H31NO2/c1-2-11-32(12-3-1)33-21-23-35(24-22-33)40-29-30-44(48-43-16-7-9-20-47(43)53-50(40)48)51(45-18-10-17-42-41-15-6-8-19-46(41)52-49(42)45)37-27-28-39-36(31-37)26-25-34-13-4-5-14-38(34)39/h1-31H. The van der Waals surface area contributed by atoms with Gasteiger partial charge in [-0.2, -0.15) is 0 Å². The number of furan rings is 2. The predicted molar refractivity (Wildman–Crippen MR) is 222 cm³/mol. The normalized spacial score (nSPS) is 11.8. The van der Waals surface area contributed by atoms with Gasteiger partial charge < -0.3 is 13.7 Å². The molecule has 0 aliphatic carbocycles. The van der Waals surface area contributed by atoms with E-state index in [2.05, 4.69) is 175 Å². The highest BCUT2D eigenvalue weighted by Gasteiger charge is 2.25. The van der Waals surface area contributed by atoms with Crippen LogP contribution in [-0.2, 0) is 0 Å². The number of para-hydroxylation sites is 3. The summed E-state index contributed by atoms with van der Waals surface area (Å²) < 4.78 is 13.5. The molecule has 248 valence electrons. The lowest BCUT2D eigenvalue weighted by molar-refractivity contribution is 0.668. The fourth-order valence-corrected chi connectivity index (χ4v) is 8.15. The van der Waals surface area contributed by atoms with Crippen molar-refractivity contribution in [2.45, 2.75) is 0 Å². The molecule has 11 aromatic rings. The van der Waals surface area contributed by atoms with Gasteiger partial charge in [0.1, 0.15) is 16.7 Å². The van der Waals surface area contributed by atoms with Crippen molar-refractivity contribution in [1.82, 2.24) is 0 Å². The van der Waals surface area contributed by atoms with Crippen LogP contribution in [0.15, 0.2) is 197 Å². The third kappa shape index (κ3) is 4.68. The zero-order valence-electron chi connectivity index (χ0n) is 28.7. The van der Waals surface area contributed by atoms with Gasteiger partial charge in [-0.05, 0) is 80.7 Å². The molecule has 0 amide bonds. The van der Waals surface area contributed by atoms with Crippen LogP contribution in [0.3, 0.4) is 0 Å². The fourth-order valence-electron chi connectivity index (χ4n) is 8.15. The van der Waals surface area contributed by atoms with Crippen molar-refractivity contribution < 1.29 is 8.83 Å². The van der Waals surface area contributed by atoms with E-state index in [0.717, 1.165) is 72.1 Å². The number of hydrogen-bond donors (Lipinski definition) is 0. The largest absolute Gasteiger partial charge is 0.455 e. The van der Waals surface area contributed by atoms with E-state index >= 15 is 0 Å². The summed E-state index contributed by atoms with van der Waals surface area (Å²) in [6.45, 7) is 0. The van der Waals surface area contributed by atoms with E-state index in [-0.39, 0.29) is 0 Å². The Labute approximate surface area is 305 Å². The van der Waals surface area contributed by atoms with Gasteiger partial charge in [0.15, 0.2) is 5.58 Å². The van der Waals surface area contributed by atoms with Crippen LogP contribution < -0.4 is 4.90 Å². The molecule has 0 bridgehead atoms. The monoisotopic (exact) mass is 677 g/mol. The Morgan fingerprint density at radius 2 is 0.962 bits per heavy atom. The highest BCUT2D eigenvalue weighted by atomic mass is 16.3. The molecule has 0 N–H and O–H groups in total. The highest BCUT2D eigenvalue weighted by Crippen LogP contribution is 2.49. The minimum Gasteiger partial charge on any atom is -0.455 e. The Morgan fingerprint density at radius 3 is 1.81 bits per heavy atom. The highest BCUT2D eigenvalue weighted by molar-refractivity contribution is 6.19. The molecule has 3 heteroatoms. The van der Waals surface area contributed by atoms with Crippen LogP contribution in [0.5, 0.6) is 0 Å². The van der Waals surface area contributed by atoms with Crippen molar-refractivity contribution in [3.63, 3.8) is 0 Å². The average Bonchev–Trinajstić information content (AvgIpc) is 3.81. The first-order valence-electron chi connectivity index (χ1n) is 18.0. The molecule has 0 atom stereocenters. The molecule has 53 heavy (non-hydrogen) atoms. The van der Waals surface area contributed by atoms with Gasteiger partial charge >= 0.3 is 0 Å². The molecule has 9 aromatic carbocycles. The number of anilines is 3. The van der Waals surface area contributed by atoms with Gasteiger partial charge in [-0.3, -0.25) is 0 Å². The molecule has 0 aliphatic heterocycles. The van der Waals surface area contributed by atoms with Crippen molar-refractivity contribution in [1.29, 1.82) is 0 Å². The van der Waals surface area contributed by atoms with Crippen LogP contribution in [0.25, 0.3) is 87.7 Å². The lowest BCUT2D eigenvalue weighted by Gasteiger charge is -2.27. The van der Waals surface area contributed by atoms with Crippen LogP contribution >= 0.6 is 0 Å². The summed E-state index contributed by atoms with van der Waals surface area (Å²) in [7, 11) is 0. The summed E-state index contributed by atoms with van der Waals surface area (Å²) in [5.74, 6) is 0. The number of benzene rings is 9. The SMILES string of the molecule is c1ccc(-c2ccc(-c3ccc(N(c4ccc5c(ccc6ccccc65)c4)c4cccc5c4oc4ccccc45)c4c3oc3ccccc34)cc2)cc1. The van der Waals surface area contributed by atoms with E-state index in [1.807, 2.05) is 18.2 Å². The molecule has 0 aliphatic rings. The van der Waals surface area contributed by atoms with Crippen molar-refractivity contribution in [2.75, 3.05) is 4.90 Å². The Kier molecular flexibility index (Phi) is 6.55. The van der Waals surface area contributed by atoms with Crippen molar-refractivity contribution in [3.8, 4) is 22.3 Å². The number of fused-ring (bicyclic) bond motifs is 9. The van der Waals surface area contributed by atoms with Crippen molar-refractivity contribution in [3.05, 3.63) is 188 Å². The van der Waals surface area contributed by atoms with Crippen LogP contribution in [0, 0.1) is 0 Å². The Bertz CT molecular complexity index is 3170. The summed E-state index contributed by atoms with van der Waals surface area (Å²) in [5, 5.41) is 9.17. The molecule has 2 heterocycles. The number of nitrogens with zero attached hydrogens (tertiary/aromatic N) is 1. The van der Waals surface area contributed by atoms with Gasteiger partial charge in [0.25, 0.3) is 0 Å². The first kappa shape index (κ1) is 29.6. The molecule has 11 rings (SSSR count). The molecular weight excluding hydrogens is 647 g/mol. The van der Waals surface area contributed by atoms with Crippen LogP contribution in [0.1, 0.15) is 0 Å². The second-order valence-corrected chi connectivity index (χ2v) is 13.7. The third-order valence-electron chi connectivity index (χ3n) is 10.7. The molecule has 0 fully saturated rings. The molecule has 0 unspecified atom stereocenters. The van der Waals surface area contributed by atoms with Gasteiger partial charge in [0.05, 0.1) is 16.8 Å². The maximum atomic E-state index is 6.82. The zero-order chi connectivity index (χ0) is 34.9. The van der Waals surface area contributed by atoms with E-state index in [1.165, 1.54) is 32.7 Å². The Morgan fingerprint density at radius 1 is 0.340 bits per heavy atom. The molecule has 0 radical (unpaired) electrons. The van der Waals surface area contributed by atoms with Crippen molar-refractivity contribution in [2.24, 2.45) is 0 Å². The fraction of sp³-hybridized carbons (Fsp3) is 0. The Hall–Kier alpha value is -7.10. The molecule has 3 nitrogen and oxygen atoms in total. The summed E-state index contributed by atoms with van der Waals surface area (Å²) in [6.07, 6.45) is 0. The second-order valence-electron chi connectivity index (χ2n) is 13.7. The maximum Gasteiger partial charge on any atom is 0.159 e. The first-order chi connectivity index (χ1) is 26.3. The molecule has 0 saturated carbocycles. The van der Waals surface area contributed by atoms with Crippen molar-refractivity contribution >= 4 is 82.5 Å². The molecule has 2 aromatic heterocycles. The van der Waals surface area contributed by atoms with Crippen LogP contribution in [-0.4, -0.2) is 0 Å². The van der Waals surface area contributed by atoms with Gasteiger partial charge in [-0.15, -0.1) is 0 Å². The molecule has 0 saturated heterocycles. The summed E-state index contributed by atoms with van der Waals surface area (Å²) in [5.41, 5.74) is 11.0. The second kappa shape index (κ2) is 11.7. The van der Waals surface area contributed by atoms with Gasteiger partial charge in [0, 0.05) is 27.4 Å². The molecule has 0 spiro atoms. The van der Waals surface area contributed by atoms with E-state index in [9.17, 15) is 0 Å². The number of hydrogen-bond acceptors (Lipinski definition) is 3.